The summed E-state index contributed by atoms with van der Waals surface area (Å²) in [6.45, 7) is 0.949. The number of ether oxygens (including phenoxy) is 1. The molecule has 1 rings (SSSR count). The van der Waals surface area contributed by atoms with E-state index in [1.807, 2.05) is 5.32 Å². The number of hydrogen-bond acceptors (Lipinski definition) is 5. The molecular weight excluding hydrogens is 268 g/mol. The zero-order chi connectivity index (χ0) is 15.1. The van der Waals surface area contributed by atoms with Crippen molar-refractivity contribution in [3.05, 3.63) is 17.5 Å². The number of aliphatic carboxylic acids is 1. The maximum Gasteiger partial charge on any atom is 0.329 e. The van der Waals surface area contributed by atoms with Crippen LogP contribution < -0.4 is 10.6 Å². The predicted octanol–water partition coefficient (Wildman–Crippen LogP) is -0.844. The number of carboxylic acids is 1. The Labute approximate surface area is 114 Å². The van der Waals surface area contributed by atoms with Crippen LogP contribution in [0.15, 0.2) is 6.20 Å². The van der Waals surface area contributed by atoms with Crippen molar-refractivity contribution in [2.45, 2.75) is 13.5 Å². The van der Waals surface area contributed by atoms with Crippen molar-refractivity contribution in [2.24, 2.45) is 7.05 Å². The number of aromatic nitrogens is 2. The van der Waals surface area contributed by atoms with Crippen LogP contribution in [0.25, 0.3) is 0 Å². The molecular formula is C11H16N4O5. The van der Waals surface area contributed by atoms with Crippen molar-refractivity contribution in [1.29, 1.82) is 0 Å². The molecule has 110 valence electrons. The summed E-state index contributed by atoms with van der Waals surface area (Å²) in [7, 11) is 1.76. The maximum atomic E-state index is 11.4. The van der Waals surface area contributed by atoms with Crippen LogP contribution in [0.2, 0.25) is 0 Å². The second kappa shape index (κ2) is 7.24. The minimum Gasteiger partial charge on any atom is -0.480 e. The molecule has 0 atom stereocenters. The highest BCUT2D eigenvalue weighted by molar-refractivity contribution is 5.94. The highest BCUT2D eigenvalue weighted by Gasteiger charge is 2.10. The Morgan fingerprint density at radius 1 is 1.40 bits per heavy atom. The molecule has 1 heterocycles. The number of urea groups is 1. The molecule has 0 spiro atoms. The molecule has 9 heteroatoms. The fourth-order valence-corrected chi connectivity index (χ4v) is 1.44. The first-order valence-electron chi connectivity index (χ1n) is 5.75. The van der Waals surface area contributed by atoms with E-state index in [1.165, 1.54) is 0 Å². The lowest BCUT2D eigenvalue weighted by Crippen LogP contribution is -2.41. The Bertz CT molecular complexity index is 511. The molecule has 1 aromatic heterocycles. The maximum absolute atomic E-state index is 11.4. The molecule has 0 aliphatic rings. The zero-order valence-electron chi connectivity index (χ0n) is 11.2. The van der Waals surface area contributed by atoms with Crippen LogP contribution in [0.1, 0.15) is 11.3 Å². The van der Waals surface area contributed by atoms with Gasteiger partial charge in [0, 0.05) is 25.4 Å². The minimum absolute atomic E-state index is 0.231. The van der Waals surface area contributed by atoms with Crippen molar-refractivity contribution in [3.8, 4) is 0 Å². The van der Waals surface area contributed by atoms with Gasteiger partial charge in [-0.25, -0.2) is 9.59 Å². The molecule has 9 nitrogen and oxygen atoms in total. The summed E-state index contributed by atoms with van der Waals surface area (Å²) in [6, 6.07) is -0.683. The lowest BCUT2D eigenvalue weighted by Gasteiger charge is -2.06. The quantitative estimate of drug-likeness (QED) is 0.625. The molecule has 3 N–H and O–H groups in total. The third kappa shape index (κ3) is 5.48. The van der Waals surface area contributed by atoms with Gasteiger partial charge in [-0.2, -0.15) is 5.10 Å². The minimum atomic E-state index is -1.19. The Kier molecular flexibility index (Phi) is 5.66. The van der Waals surface area contributed by atoms with Crippen LogP contribution in [0.4, 0.5) is 4.79 Å². The van der Waals surface area contributed by atoms with E-state index in [2.05, 4.69) is 15.2 Å². The zero-order valence-corrected chi connectivity index (χ0v) is 11.2. The summed E-state index contributed by atoms with van der Waals surface area (Å²) in [5.41, 5.74) is 1.61. The van der Waals surface area contributed by atoms with E-state index in [0.29, 0.717) is 0 Å². The van der Waals surface area contributed by atoms with Gasteiger partial charge in [0.25, 0.3) is 5.91 Å². The summed E-state index contributed by atoms with van der Waals surface area (Å²) >= 11 is 0. The third-order valence-electron chi connectivity index (χ3n) is 2.27. The van der Waals surface area contributed by atoms with Gasteiger partial charge in [0.15, 0.2) is 0 Å². The lowest BCUT2D eigenvalue weighted by atomic mass is 10.3. The smallest absolute Gasteiger partial charge is 0.329 e. The first-order valence-corrected chi connectivity index (χ1v) is 5.75. The molecule has 1 aromatic rings. The SMILES string of the molecule is Cc1nn(C)cc1CNC(=O)NC(=O)COCC(=O)O. The van der Waals surface area contributed by atoms with Crippen molar-refractivity contribution in [3.63, 3.8) is 0 Å². The fourth-order valence-electron chi connectivity index (χ4n) is 1.44. The molecule has 0 unspecified atom stereocenters. The first kappa shape index (κ1) is 15.6. The van der Waals surface area contributed by atoms with Crippen LogP contribution in [-0.4, -0.2) is 46.0 Å². The molecule has 0 fully saturated rings. The van der Waals surface area contributed by atoms with Crippen molar-refractivity contribution < 1.29 is 24.2 Å². The van der Waals surface area contributed by atoms with Crippen molar-refractivity contribution >= 4 is 17.9 Å². The molecule has 0 saturated carbocycles. The van der Waals surface area contributed by atoms with Gasteiger partial charge in [-0.1, -0.05) is 0 Å². The highest BCUT2D eigenvalue weighted by atomic mass is 16.5. The van der Waals surface area contributed by atoms with E-state index in [4.69, 9.17) is 5.11 Å². The van der Waals surface area contributed by atoms with E-state index >= 15 is 0 Å². The highest BCUT2D eigenvalue weighted by Crippen LogP contribution is 2.03. The largest absolute Gasteiger partial charge is 0.480 e. The predicted molar refractivity (Wildman–Crippen MR) is 66.8 cm³/mol. The Morgan fingerprint density at radius 2 is 2.10 bits per heavy atom. The Balaban J connectivity index is 2.28. The summed E-state index contributed by atoms with van der Waals surface area (Å²) in [4.78, 5) is 32.8. The van der Waals surface area contributed by atoms with E-state index in [1.54, 1.807) is 24.9 Å². The van der Waals surface area contributed by atoms with Gasteiger partial charge in [0.05, 0.1) is 5.69 Å². The van der Waals surface area contributed by atoms with E-state index < -0.39 is 31.1 Å². The summed E-state index contributed by atoms with van der Waals surface area (Å²) in [6.07, 6.45) is 1.76. The molecule has 20 heavy (non-hydrogen) atoms. The summed E-state index contributed by atoms with van der Waals surface area (Å²) in [5, 5.41) is 16.9. The Morgan fingerprint density at radius 3 is 2.65 bits per heavy atom. The van der Waals surface area contributed by atoms with Gasteiger partial charge < -0.3 is 15.2 Å². The number of rotatable bonds is 6. The molecule has 3 amide bonds. The molecule has 0 aliphatic carbocycles. The van der Waals surface area contributed by atoms with Crippen molar-refractivity contribution in [2.75, 3.05) is 13.2 Å². The average molecular weight is 284 g/mol. The monoisotopic (exact) mass is 284 g/mol. The third-order valence-corrected chi connectivity index (χ3v) is 2.27. The summed E-state index contributed by atoms with van der Waals surface area (Å²) in [5.74, 6) is -1.90. The molecule has 0 saturated heterocycles. The molecule has 0 bridgehead atoms. The number of nitrogens with one attached hydrogen (secondary N) is 2. The average Bonchev–Trinajstić information content (AvgIpc) is 2.64. The second-order valence-electron chi connectivity index (χ2n) is 4.03. The van der Waals surface area contributed by atoms with Gasteiger partial charge in [-0.05, 0) is 6.92 Å². The normalized spacial score (nSPS) is 10.1. The number of carbonyl (C=O) groups excluding carboxylic acids is 2. The van der Waals surface area contributed by atoms with Crippen LogP contribution >= 0.6 is 0 Å². The van der Waals surface area contributed by atoms with Crippen LogP contribution in [-0.2, 0) is 27.9 Å². The van der Waals surface area contributed by atoms with Gasteiger partial charge in [-0.15, -0.1) is 0 Å². The van der Waals surface area contributed by atoms with E-state index in [-0.39, 0.29) is 6.54 Å². The van der Waals surface area contributed by atoms with Crippen LogP contribution in [0, 0.1) is 6.92 Å². The Hall–Kier alpha value is -2.42. The van der Waals surface area contributed by atoms with Gasteiger partial charge in [-0.3, -0.25) is 14.8 Å². The number of amides is 3. The number of hydrogen-bond donors (Lipinski definition) is 3. The standard InChI is InChI=1S/C11H16N4O5/c1-7-8(4-15(2)14-7)3-12-11(19)13-9(16)5-20-6-10(17)18/h4H,3,5-6H2,1-2H3,(H,17,18)(H2,12,13,16,19). The van der Waals surface area contributed by atoms with E-state index in [0.717, 1.165) is 11.3 Å². The first-order chi connectivity index (χ1) is 9.38. The number of aryl methyl sites for hydroxylation is 2. The van der Waals surface area contributed by atoms with Gasteiger partial charge in [0.2, 0.25) is 0 Å². The van der Waals surface area contributed by atoms with Gasteiger partial charge >= 0.3 is 12.0 Å². The number of nitrogens with zero attached hydrogens (tertiary/aromatic N) is 2. The van der Waals surface area contributed by atoms with Crippen LogP contribution in [0.5, 0.6) is 0 Å². The van der Waals surface area contributed by atoms with Gasteiger partial charge in [0.1, 0.15) is 13.2 Å². The van der Waals surface area contributed by atoms with Crippen LogP contribution in [0.3, 0.4) is 0 Å². The number of carbonyl (C=O) groups is 3. The molecule has 0 aromatic carbocycles. The topological polar surface area (TPSA) is 123 Å². The van der Waals surface area contributed by atoms with E-state index in [9.17, 15) is 14.4 Å². The number of imide groups is 1. The molecule has 0 aliphatic heterocycles. The fraction of sp³-hybridized carbons (Fsp3) is 0.455. The lowest BCUT2D eigenvalue weighted by molar-refractivity contribution is -0.143. The van der Waals surface area contributed by atoms with Crippen molar-refractivity contribution in [1.82, 2.24) is 20.4 Å². The molecule has 0 radical (unpaired) electrons. The second-order valence-corrected chi connectivity index (χ2v) is 4.03. The summed E-state index contributed by atoms with van der Waals surface area (Å²) < 4.78 is 6.16. The number of carboxylic acid groups (broad SMARTS) is 1.